The second kappa shape index (κ2) is 12.2. The Morgan fingerprint density at radius 1 is 1.00 bits per heavy atom. The number of nitrogens with one attached hydrogen (secondary N) is 1. The second-order valence-electron chi connectivity index (χ2n) is 8.68. The van der Waals surface area contributed by atoms with E-state index in [-0.39, 0.29) is 18.4 Å². The van der Waals surface area contributed by atoms with Crippen LogP contribution in [0.3, 0.4) is 0 Å². The van der Waals surface area contributed by atoms with Crippen LogP contribution in [0.15, 0.2) is 48.5 Å². The van der Waals surface area contributed by atoms with Gasteiger partial charge in [0.15, 0.2) is 0 Å². The van der Waals surface area contributed by atoms with E-state index >= 15 is 0 Å². The molecule has 1 atom stereocenters. The molecule has 0 aliphatic carbocycles. The fourth-order valence-corrected chi connectivity index (χ4v) is 4.57. The first-order valence-corrected chi connectivity index (χ1v) is 13.5. The Kier molecular flexibility index (Phi) is 9.94. The van der Waals surface area contributed by atoms with E-state index < -0.39 is 28.5 Å². The zero-order valence-corrected chi connectivity index (χ0v) is 22.0. The molecule has 1 N–H and O–H groups in total. The summed E-state index contributed by atoms with van der Waals surface area (Å²) in [6.07, 6.45) is 1.68. The van der Waals surface area contributed by atoms with Crippen LogP contribution in [-0.2, 0) is 32.6 Å². The van der Waals surface area contributed by atoms with Gasteiger partial charge in [-0.25, -0.2) is 8.42 Å². The number of nitrogens with zero attached hydrogens (tertiary/aromatic N) is 2. The molecule has 0 saturated heterocycles. The summed E-state index contributed by atoms with van der Waals surface area (Å²) in [5.41, 5.74) is 1.93. The topological polar surface area (TPSA) is 86.8 Å². The summed E-state index contributed by atoms with van der Waals surface area (Å²) >= 11 is 6.33. The first-order chi connectivity index (χ1) is 16.0. The Labute approximate surface area is 208 Å². The van der Waals surface area contributed by atoms with Gasteiger partial charge in [0.25, 0.3) is 0 Å². The van der Waals surface area contributed by atoms with Gasteiger partial charge in [0.1, 0.15) is 12.6 Å². The number of hydrogen-bond donors (Lipinski definition) is 1. The van der Waals surface area contributed by atoms with Crippen molar-refractivity contribution in [3.63, 3.8) is 0 Å². The number of rotatable bonds is 11. The Morgan fingerprint density at radius 3 is 2.15 bits per heavy atom. The zero-order valence-electron chi connectivity index (χ0n) is 20.4. The van der Waals surface area contributed by atoms with Crippen LogP contribution in [0.5, 0.6) is 0 Å². The van der Waals surface area contributed by atoms with Crippen molar-refractivity contribution in [3.8, 4) is 0 Å². The van der Waals surface area contributed by atoms with Crippen LogP contribution in [0.4, 0.5) is 5.69 Å². The molecule has 9 heteroatoms. The molecular weight excluding hydrogens is 474 g/mol. The summed E-state index contributed by atoms with van der Waals surface area (Å²) in [7, 11) is -3.77. The minimum atomic E-state index is -3.77. The van der Waals surface area contributed by atoms with Crippen LogP contribution in [0, 0.1) is 5.92 Å². The van der Waals surface area contributed by atoms with Crippen molar-refractivity contribution in [2.45, 2.75) is 46.7 Å². The molecule has 0 radical (unpaired) electrons. The molecule has 7 nitrogen and oxygen atoms in total. The van der Waals surface area contributed by atoms with E-state index in [4.69, 9.17) is 11.6 Å². The number of hydrogen-bond acceptors (Lipinski definition) is 4. The average molecular weight is 508 g/mol. The number of carbonyl (C=O) groups is 2. The molecule has 0 aromatic heterocycles. The molecule has 0 spiro atoms. The van der Waals surface area contributed by atoms with Crippen molar-refractivity contribution >= 4 is 39.1 Å². The first-order valence-electron chi connectivity index (χ1n) is 11.3. The molecule has 0 aliphatic rings. The van der Waals surface area contributed by atoms with E-state index in [9.17, 15) is 18.0 Å². The molecule has 0 fully saturated rings. The molecule has 0 bridgehead atoms. The van der Waals surface area contributed by atoms with E-state index in [0.29, 0.717) is 29.2 Å². The van der Waals surface area contributed by atoms with Crippen molar-refractivity contribution in [1.82, 2.24) is 10.2 Å². The molecule has 2 amide bonds. The quantitative estimate of drug-likeness (QED) is 0.500. The molecule has 0 unspecified atom stereocenters. The Balaban J connectivity index is 2.42. The third-order valence-electron chi connectivity index (χ3n) is 5.47. The highest BCUT2D eigenvalue weighted by Gasteiger charge is 2.31. The van der Waals surface area contributed by atoms with Crippen molar-refractivity contribution < 1.29 is 18.0 Å². The number of para-hydroxylation sites is 1. The van der Waals surface area contributed by atoms with E-state index in [2.05, 4.69) is 5.32 Å². The summed E-state index contributed by atoms with van der Waals surface area (Å²) in [5.74, 6) is -0.562. The standard InChI is InChI=1S/C25H34ClN3O4S/c1-6-20-11-8-10-14-23(20)29(34(5,32)33)17-24(30)28(16-21-12-7-9-13-22(21)26)19(4)25(31)27-15-18(2)3/h7-14,18-19H,6,15-17H2,1-5H3,(H,27,31)/t19-/m0/s1. The Morgan fingerprint density at radius 2 is 1.59 bits per heavy atom. The van der Waals surface area contributed by atoms with E-state index in [1.165, 1.54) is 4.90 Å². The number of amides is 2. The van der Waals surface area contributed by atoms with E-state index in [1.54, 1.807) is 43.3 Å². The van der Waals surface area contributed by atoms with Crippen LogP contribution >= 0.6 is 11.6 Å². The monoisotopic (exact) mass is 507 g/mol. The van der Waals surface area contributed by atoms with Gasteiger partial charge in [0.2, 0.25) is 21.8 Å². The van der Waals surface area contributed by atoms with Crippen molar-refractivity contribution in [3.05, 3.63) is 64.7 Å². The molecule has 2 aromatic carbocycles. The Hall–Kier alpha value is -2.58. The highest BCUT2D eigenvalue weighted by atomic mass is 35.5. The molecule has 0 aliphatic heterocycles. The fraction of sp³-hybridized carbons (Fsp3) is 0.440. The lowest BCUT2D eigenvalue weighted by Crippen LogP contribution is -2.51. The summed E-state index contributed by atoms with van der Waals surface area (Å²) in [4.78, 5) is 27.8. The molecule has 34 heavy (non-hydrogen) atoms. The van der Waals surface area contributed by atoms with Crippen molar-refractivity contribution in [2.24, 2.45) is 5.92 Å². The maximum Gasteiger partial charge on any atom is 0.244 e. The van der Waals surface area contributed by atoms with Crippen LogP contribution in [0.25, 0.3) is 0 Å². The highest BCUT2D eigenvalue weighted by Crippen LogP contribution is 2.25. The SMILES string of the molecule is CCc1ccccc1N(CC(=O)N(Cc1ccccc1Cl)[C@@H](C)C(=O)NCC(C)C)S(C)(=O)=O. The largest absolute Gasteiger partial charge is 0.354 e. The van der Waals surface area contributed by atoms with Gasteiger partial charge < -0.3 is 10.2 Å². The molecule has 0 saturated carbocycles. The Bertz CT molecular complexity index is 1100. The number of aryl methyl sites for hydroxylation is 1. The van der Waals surface area contributed by atoms with E-state index in [0.717, 1.165) is 16.1 Å². The van der Waals surface area contributed by atoms with Crippen LogP contribution < -0.4 is 9.62 Å². The second-order valence-corrected chi connectivity index (χ2v) is 11.0. The van der Waals surface area contributed by atoms with Gasteiger partial charge >= 0.3 is 0 Å². The lowest BCUT2D eigenvalue weighted by molar-refractivity contribution is -0.139. The average Bonchev–Trinajstić information content (AvgIpc) is 2.79. The third-order valence-corrected chi connectivity index (χ3v) is 6.97. The van der Waals surface area contributed by atoms with Gasteiger partial charge in [-0.2, -0.15) is 0 Å². The minimum absolute atomic E-state index is 0.0712. The molecule has 2 rings (SSSR count). The van der Waals surface area contributed by atoms with Crippen molar-refractivity contribution in [2.75, 3.05) is 23.7 Å². The number of halogens is 1. The van der Waals surface area contributed by atoms with Crippen LogP contribution in [0.1, 0.15) is 38.8 Å². The van der Waals surface area contributed by atoms with Gasteiger partial charge in [-0.15, -0.1) is 0 Å². The zero-order chi connectivity index (χ0) is 25.5. The maximum atomic E-state index is 13.6. The van der Waals surface area contributed by atoms with E-state index in [1.807, 2.05) is 32.9 Å². The molecule has 186 valence electrons. The third kappa shape index (κ3) is 7.46. The predicted molar refractivity (Wildman–Crippen MR) is 137 cm³/mol. The van der Waals surface area contributed by atoms with Gasteiger partial charge in [0.05, 0.1) is 11.9 Å². The fourth-order valence-electron chi connectivity index (χ4n) is 3.49. The predicted octanol–water partition coefficient (Wildman–Crippen LogP) is 3.86. The van der Waals surface area contributed by atoms with Crippen molar-refractivity contribution in [1.29, 1.82) is 0 Å². The van der Waals surface area contributed by atoms with Gasteiger partial charge in [-0.1, -0.05) is 68.8 Å². The number of anilines is 1. The van der Waals surface area contributed by atoms with Crippen LogP contribution in [0.2, 0.25) is 5.02 Å². The lowest BCUT2D eigenvalue weighted by Gasteiger charge is -2.32. The molecule has 0 heterocycles. The summed E-state index contributed by atoms with van der Waals surface area (Å²) in [5, 5.41) is 3.32. The number of benzene rings is 2. The normalized spacial score (nSPS) is 12.3. The first kappa shape index (κ1) is 27.7. The smallest absolute Gasteiger partial charge is 0.244 e. The number of sulfonamides is 1. The number of carbonyl (C=O) groups excluding carboxylic acids is 2. The van der Waals surface area contributed by atoms with Crippen LogP contribution in [-0.4, -0.2) is 50.5 Å². The van der Waals surface area contributed by atoms with Gasteiger partial charge in [-0.05, 0) is 42.5 Å². The van der Waals surface area contributed by atoms with Gasteiger partial charge in [0, 0.05) is 18.1 Å². The summed E-state index contributed by atoms with van der Waals surface area (Å²) in [6.45, 7) is 7.63. The maximum absolute atomic E-state index is 13.6. The molecule has 2 aromatic rings. The summed E-state index contributed by atoms with van der Waals surface area (Å²) < 4.78 is 26.5. The highest BCUT2D eigenvalue weighted by molar-refractivity contribution is 7.92. The summed E-state index contributed by atoms with van der Waals surface area (Å²) in [6, 6.07) is 13.3. The minimum Gasteiger partial charge on any atom is -0.354 e. The van der Waals surface area contributed by atoms with Gasteiger partial charge in [-0.3, -0.25) is 13.9 Å². The molecular formula is C25H34ClN3O4S. The lowest BCUT2D eigenvalue weighted by atomic mass is 10.1.